The van der Waals surface area contributed by atoms with Crippen molar-refractivity contribution in [3.8, 4) is 0 Å². The first-order valence-electron chi connectivity index (χ1n) is 2.82. The second kappa shape index (κ2) is 1.78. The summed E-state index contributed by atoms with van der Waals surface area (Å²) in [5.74, 6) is 5.52. The summed E-state index contributed by atoms with van der Waals surface area (Å²) in [4.78, 5) is 10.8. The first-order chi connectivity index (χ1) is 5.29. The summed E-state index contributed by atoms with van der Waals surface area (Å²) in [6.45, 7) is 0. The Morgan fingerprint density at radius 2 is 2.36 bits per heavy atom. The minimum atomic E-state index is -0.412. The maximum atomic E-state index is 10.8. The van der Waals surface area contributed by atoms with Gasteiger partial charge < -0.3 is 5.84 Å². The largest absolute Gasteiger partial charge is 0.333 e. The Morgan fingerprint density at radius 3 is 3.18 bits per heavy atom. The predicted octanol–water partition coefficient (Wildman–Crippen LogP) is -2.00. The van der Waals surface area contributed by atoms with E-state index in [1.54, 1.807) is 0 Å². The van der Waals surface area contributed by atoms with Crippen LogP contribution < -0.4 is 11.4 Å². The highest BCUT2D eigenvalue weighted by molar-refractivity contribution is 5.23. The maximum absolute atomic E-state index is 10.8. The van der Waals surface area contributed by atoms with Crippen molar-refractivity contribution in [1.82, 2.24) is 24.5 Å². The predicted molar refractivity (Wildman–Crippen MR) is 35.2 cm³/mol. The lowest BCUT2D eigenvalue weighted by Gasteiger charge is -1.94. The molecule has 0 amide bonds. The Kier molecular flexibility index (Phi) is 0.945. The van der Waals surface area contributed by atoms with Crippen LogP contribution in [0.5, 0.6) is 0 Å². The molecule has 7 heteroatoms. The first-order valence-corrected chi connectivity index (χ1v) is 2.82. The van der Waals surface area contributed by atoms with E-state index in [-0.39, 0.29) is 5.78 Å². The van der Waals surface area contributed by atoms with Gasteiger partial charge in [0, 0.05) is 0 Å². The van der Waals surface area contributed by atoms with E-state index in [0.29, 0.717) is 0 Å². The molecule has 2 N–H and O–H groups in total. The van der Waals surface area contributed by atoms with Crippen LogP contribution >= 0.6 is 0 Å². The molecule has 56 valence electrons. The van der Waals surface area contributed by atoms with E-state index >= 15 is 0 Å². The number of hydrogen-bond acceptors (Lipinski definition) is 5. The SMILES string of the molecule is Nn1c(=O)cnn2cnnc12. The molecule has 2 rings (SSSR count). The molecule has 0 atom stereocenters. The van der Waals surface area contributed by atoms with Crippen molar-refractivity contribution >= 4 is 5.78 Å². The zero-order chi connectivity index (χ0) is 7.84. The molecule has 0 saturated heterocycles. The lowest BCUT2D eigenvalue weighted by Crippen LogP contribution is -2.29. The van der Waals surface area contributed by atoms with E-state index in [1.165, 1.54) is 10.8 Å². The fourth-order valence-electron chi connectivity index (χ4n) is 0.736. The first kappa shape index (κ1) is 5.83. The van der Waals surface area contributed by atoms with Crippen LogP contribution in [0.1, 0.15) is 0 Å². The molecule has 0 aliphatic carbocycles. The van der Waals surface area contributed by atoms with Crippen LogP contribution in [0.15, 0.2) is 17.3 Å². The fraction of sp³-hybridized carbons (Fsp3) is 0. The third-order valence-electron chi connectivity index (χ3n) is 1.26. The van der Waals surface area contributed by atoms with Gasteiger partial charge in [-0.05, 0) is 0 Å². The Balaban J connectivity index is 3.04. The van der Waals surface area contributed by atoms with Crippen LogP contribution in [0.25, 0.3) is 5.78 Å². The Hall–Kier alpha value is -1.92. The number of nitrogen functional groups attached to an aromatic ring is 1. The molecule has 0 fully saturated rings. The van der Waals surface area contributed by atoms with Gasteiger partial charge in [-0.15, -0.1) is 10.2 Å². The van der Waals surface area contributed by atoms with Gasteiger partial charge in [-0.3, -0.25) is 4.79 Å². The summed E-state index contributed by atoms with van der Waals surface area (Å²) in [6, 6.07) is 0. The second-order valence-electron chi connectivity index (χ2n) is 1.93. The minimum absolute atomic E-state index is 0.220. The zero-order valence-corrected chi connectivity index (χ0v) is 5.38. The number of aromatic nitrogens is 5. The molecule has 0 aliphatic rings. The highest BCUT2D eigenvalue weighted by Gasteiger charge is 2.00. The van der Waals surface area contributed by atoms with Crippen LogP contribution in [-0.2, 0) is 0 Å². The maximum Gasteiger partial charge on any atom is 0.292 e. The zero-order valence-electron chi connectivity index (χ0n) is 5.38. The Morgan fingerprint density at radius 1 is 1.55 bits per heavy atom. The number of fused-ring (bicyclic) bond motifs is 1. The number of nitrogens with zero attached hydrogens (tertiary/aromatic N) is 5. The van der Waals surface area contributed by atoms with Crippen LogP contribution in [0, 0.1) is 0 Å². The molecule has 7 nitrogen and oxygen atoms in total. The van der Waals surface area contributed by atoms with Gasteiger partial charge in [0.15, 0.2) is 0 Å². The average molecular weight is 152 g/mol. The Labute approximate surface area is 60.0 Å². The molecular weight excluding hydrogens is 148 g/mol. The molecule has 0 unspecified atom stereocenters. The van der Waals surface area contributed by atoms with E-state index in [2.05, 4.69) is 15.3 Å². The lowest BCUT2D eigenvalue weighted by atomic mass is 10.8. The molecule has 2 aromatic rings. The van der Waals surface area contributed by atoms with Gasteiger partial charge in [0.2, 0.25) is 0 Å². The molecular formula is C4H4N6O. The summed E-state index contributed by atoms with van der Waals surface area (Å²) >= 11 is 0. The summed E-state index contributed by atoms with van der Waals surface area (Å²) in [6.07, 6.45) is 2.45. The quantitative estimate of drug-likeness (QED) is 0.441. The lowest BCUT2D eigenvalue weighted by molar-refractivity contribution is 0.810. The van der Waals surface area contributed by atoms with Gasteiger partial charge in [0.05, 0.1) is 0 Å². The van der Waals surface area contributed by atoms with Crippen molar-refractivity contribution in [2.24, 2.45) is 0 Å². The standard InChI is InChI=1S/C4H4N6O/c5-10-3(11)1-7-9-2-6-8-4(9)10/h1-2H,5H2. The summed E-state index contributed by atoms with van der Waals surface area (Å²) < 4.78 is 2.18. The van der Waals surface area contributed by atoms with E-state index in [9.17, 15) is 4.79 Å². The van der Waals surface area contributed by atoms with Crippen molar-refractivity contribution in [2.45, 2.75) is 0 Å². The van der Waals surface area contributed by atoms with Crippen LogP contribution in [0.3, 0.4) is 0 Å². The highest BCUT2D eigenvalue weighted by Crippen LogP contribution is 1.84. The fourth-order valence-corrected chi connectivity index (χ4v) is 0.736. The summed E-state index contributed by atoms with van der Waals surface area (Å²) in [5, 5.41) is 10.8. The van der Waals surface area contributed by atoms with Crippen LogP contribution in [-0.4, -0.2) is 24.5 Å². The van der Waals surface area contributed by atoms with Crippen molar-refractivity contribution in [3.05, 3.63) is 22.9 Å². The average Bonchev–Trinajstić information content (AvgIpc) is 2.45. The third-order valence-corrected chi connectivity index (χ3v) is 1.26. The van der Waals surface area contributed by atoms with Crippen LogP contribution in [0.2, 0.25) is 0 Å². The van der Waals surface area contributed by atoms with E-state index in [1.807, 2.05) is 0 Å². The smallest absolute Gasteiger partial charge is 0.292 e. The summed E-state index contributed by atoms with van der Waals surface area (Å²) in [5.41, 5.74) is -0.412. The molecule has 0 saturated carbocycles. The molecule has 0 aromatic carbocycles. The molecule has 2 heterocycles. The van der Waals surface area contributed by atoms with Gasteiger partial charge >= 0.3 is 0 Å². The third kappa shape index (κ3) is 0.672. The normalized spacial score (nSPS) is 10.5. The number of nitrogens with two attached hydrogens (primary N) is 1. The Bertz CT molecular complexity index is 441. The summed E-state index contributed by atoms with van der Waals surface area (Å²) in [7, 11) is 0. The molecule has 0 radical (unpaired) electrons. The molecule has 2 aromatic heterocycles. The van der Waals surface area contributed by atoms with Crippen molar-refractivity contribution < 1.29 is 0 Å². The highest BCUT2D eigenvalue weighted by atomic mass is 16.1. The van der Waals surface area contributed by atoms with Crippen molar-refractivity contribution in [3.63, 3.8) is 0 Å². The monoisotopic (exact) mass is 152 g/mol. The van der Waals surface area contributed by atoms with Gasteiger partial charge in [-0.1, -0.05) is 0 Å². The van der Waals surface area contributed by atoms with Gasteiger partial charge in [-0.2, -0.15) is 14.3 Å². The number of rotatable bonds is 0. The molecule has 11 heavy (non-hydrogen) atoms. The van der Waals surface area contributed by atoms with E-state index in [0.717, 1.165) is 10.9 Å². The van der Waals surface area contributed by atoms with Crippen molar-refractivity contribution in [1.29, 1.82) is 0 Å². The van der Waals surface area contributed by atoms with Crippen molar-refractivity contribution in [2.75, 3.05) is 5.84 Å². The topological polar surface area (TPSA) is 91.1 Å². The molecule has 0 spiro atoms. The van der Waals surface area contributed by atoms with Gasteiger partial charge in [-0.25, -0.2) is 0 Å². The second-order valence-corrected chi connectivity index (χ2v) is 1.93. The molecule has 0 aliphatic heterocycles. The van der Waals surface area contributed by atoms with Gasteiger partial charge in [0.25, 0.3) is 11.3 Å². The molecule has 0 bridgehead atoms. The van der Waals surface area contributed by atoms with E-state index < -0.39 is 5.56 Å². The number of hydrogen-bond donors (Lipinski definition) is 1. The minimum Gasteiger partial charge on any atom is -0.333 e. The van der Waals surface area contributed by atoms with Gasteiger partial charge in [0.1, 0.15) is 12.5 Å². The van der Waals surface area contributed by atoms with E-state index in [4.69, 9.17) is 5.84 Å². The van der Waals surface area contributed by atoms with Crippen LogP contribution in [0.4, 0.5) is 0 Å².